The van der Waals surface area contributed by atoms with Crippen molar-refractivity contribution in [3.05, 3.63) is 41.4 Å². The van der Waals surface area contributed by atoms with E-state index in [9.17, 15) is 4.79 Å². The summed E-state index contributed by atoms with van der Waals surface area (Å²) in [5.41, 5.74) is 1.07. The average Bonchev–Trinajstić information content (AvgIpc) is 2.99. The molecule has 1 fully saturated rings. The van der Waals surface area contributed by atoms with Crippen LogP contribution in [0.15, 0.2) is 36.5 Å². The molecular formula is C17H20N2O2S. The number of aromatic nitrogens is 1. The maximum Gasteiger partial charge on any atom is 0.307 e. The largest absolute Gasteiger partial charge is 0.469 e. The summed E-state index contributed by atoms with van der Waals surface area (Å²) in [5, 5.41) is 4.58. The third-order valence-electron chi connectivity index (χ3n) is 4.23. The van der Waals surface area contributed by atoms with Gasteiger partial charge in [-0.3, -0.25) is 4.79 Å². The number of ether oxygens (including phenoxy) is 1. The molecule has 4 nitrogen and oxygen atoms in total. The van der Waals surface area contributed by atoms with Crippen molar-refractivity contribution in [3.63, 3.8) is 0 Å². The van der Waals surface area contributed by atoms with Crippen LogP contribution < -0.4 is 5.32 Å². The molecule has 1 aromatic heterocycles. The van der Waals surface area contributed by atoms with Gasteiger partial charge < -0.3 is 10.1 Å². The van der Waals surface area contributed by atoms with E-state index in [2.05, 4.69) is 22.4 Å². The van der Waals surface area contributed by atoms with Crippen LogP contribution in [-0.2, 0) is 16.1 Å². The van der Waals surface area contributed by atoms with Crippen molar-refractivity contribution in [2.45, 2.75) is 37.8 Å². The second-order valence-corrected chi connectivity index (χ2v) is 6.85. The van der Waals surface area contributed by atoms with E-state index in [-0.39, 0.29) is 11.5 Å². The fourth-order valence-electron chi connectivity index (χ4n) is 2.75. The van der Waals surface area contributed by atoms with Gasteiger partial charge in [0.25, 0.3) is 0 Å². The van der Waals surface area contributed by atoms with Crippen LogP contribution in [0, 0.1) is 0 Å². The van der Waals surface area contributed by atoms with Crippen LogP contribution in [0.25, 0.3) is 10.6 Å². The lowest BCUT2D eigenvalue weighted by atomic mass is 9.74. The van der Waals surface area contributed by atoms with Crippen molar-refractivity contribution >= 4 is 17.3 Å². The quantitative estimate of drug-likeness (QED) is 0.830. The molecule has 1 heterocycles. The van der Waals surface area contributed by atoms with E-state index in [0.717, 1.165) is 30.0 Å². The Morgan fingerprint density at radius 1 is 1.36 bits per heavy atom. The fourth-order valence-corrected chi connectivity index (χ4v) is 3.60. The molecule has 0 unspecified atom stereocenters. The van der Waals surface area contributed by atoms with Crippen LogP contribution in [0.4, 0.5) is 0 Å². The molecule has 0 aliphatic heterocycles. The van der Waals surface area contributed by atoms with Gasteiger partial charge in [-0.05, 0) is 19.3 Å². The summed E-state index contributed by atoms with van der Waals surface area (Å²) >= 11 is 1.70. The minimum absolute atomic E-state index is 0.0794. The van der Waals surface area contributed by atoms with Gasteiger partial charge in [0.1, 0.15) is 5.01 Å². The molecule has 2 aromatic rings. The number of thiazole rings is 1. The van der Waals surface area contributed by atoms with Gasteiger partial charge in [-0.25, -0.2) is 4.98 Å². The molecule has 1 saturated carbocycles. The number of methoxy groups -OCH3 is 1. The average molecular weight is 316 g/mol. The molecule has 0 radical (unpaired) electrons. The maximum absolute atomic E-state index is 11.5. The van der Waals surface area contributed by atoms with E-state index in [1.165, 1.54) is 18.4 Å². The lowest BCUT2D eigenvalue weighted by molar-refractivity contribution is -0.143. The standard InChI is InChI=1S/C17H20N2O2S/c1-21-15(20)10-17(8-5-9-17)19-12-14-11-18-16(22-14)13-6-3-2-4-7-13/h2-4,6-7,11,19H,5,8-10,12H2,1H3. The van der Waals surface area contributed by atoms with Crippen molar-refractivity contribution in [1.29, 1.82) is 0 Å². The molecule has 22 heavy (non-hydrogen) atoms. The predicted octanol–water partition coefficient (Wildman–Crippen LogP) is 3.39. The molecule has 0 bridgehead atoms. The Hall–Kier alpha value is -1.72. The van der Waals surface area contributed by atoms with Crippen LogP contribution in [0.3, 0.4) is 0 Å². The lowest BCUT2D eigenvalue weighted by Gasteiger charge is -2.42. The monoisotopic (exact) mass is 316 g/mol. The van der Waals surface area contributed by atoms with Crippen molar-refractivity contribution in [2.24, 2.45) is 0 Å². The van der Waals surface area contributed by atoms with Crippen LogP contribution >= 0.6 is 11.3 Å². The molecule has 0 amide bonds. The van der Waals surface area contributed by atoms with E-state index in [1.807, 2.05) is 24.4 Å². The highest BCUT2D eigenvalue weighted by atomic mass is 32.1. The minimum atomic E-state index is -0.138. The number of carbonyl (C=O) groups is 1. The lowest BCUT2D eigenvalue weighted by Crippen LogP contribution is -2.51. The van der Waals surface area contributed by atoms with Crippen molar-refractivity contribution < 1.29 is 9.53 Å². The van der Waals surface area contributed by atoms with Crippen LogP contribution in [0.5, 0.6) is 0 Å². The number of hydrogen-bond acceptors (Lipinski definition) is 5. The summed E-state index contributed by atoms with van der Waals surface area (Å²) in [4.78, 5) is 17.2. The molecule has 1 N–H and O–H groups in total. The molecule has 3 rings (SSSR count). The smallest absolute Gasteiger partial charge is 0.307 e. The van der Waals surface area contributed by atoms with Gasteiger partial charge in [-0.15, -0.1) is 11.3 Å². The Morgan fingerprint density at radius 2 is 2.14 bits per heavy atom. The first-order chi connectivity index (χ1) is 10.7. The summed E-state index contributed by atoms with van der Waals surface area (Å²) in [6, 6.07) is 10.2. The molecular weight excluding hydrogens is 296 g/mol. The Kier molecular flexibility index (Phi) is 4.55. The summed E-state index contributed by atoms with van der Waals surface area (Å²) < 4.78 is 4.81. The van der Waals surface area contributed by atoms with E-state index in [1.54, 1.807) is 11.3 Å². The number of esters is 1. The Bertz CT molecular complexity index is 635. The predicted molar refractivity (Wildman–Crippen MR) is 87.6 cm³/mol. The van der Waals surface area contributed by atoms with E-state index < -0.39 is 0 Å². The number of hydrogen-bond donors (Lipinski definition) is 1. The molecule has 0 spiro atoms. The Balaban J connectivity index is 1.62. The second-order valence-electron chi connectivity index (χ2n) is 5.74. The zero-order valence-corrected chi connectivity index (χ0v) is 13.5. The first kappa shape index (κ1) is 15.2. The summed E-state index contributed by atoms with van der Waals surface area (Å²) in [6.45, 7) is 0.751. The molecule has 5 heteroatoms. The minimum Gasteiger partial charge on any atom is -0.469 e. The van der Waals surface area contributed by atoms with Gasteiger partial charge in [0.2, 0.25) is 0 Å². The van der Waals surface area contributed by atoms with Crippen LogP contribution in [-0.4, -0.2) is 23.6 Å². The van der Waals surface area contributed by atoms with Crippen LogP contribution in [0.1, 0.15) is 30.6 Å². The number of nitrogens with zero attached hydrogens (tertiary/aromatic N) is 1. The SMILES string of the molecule is COC(=O)CC1(NCc2cnc(-c3ccccc3)s2)CCC1. The highest BCUT2D eigenvalue weighted by Gasteiger charge is 2.38. The third-order valence-corrected chi connectivity index (χ3v) is 5.28. The normalized spacial score (nSPS) is 16.0. The van der Waals surface area contributed by atoms with Gasteiger partial charge in [-0.1, -0.05) is 30.3 Å². The molecule has 0 atom stereocenters. The number of rotatable bonds is 6. The first-order valence-electron chi connectivity index (χ1n) is 7.53. The highest BCUT2D eigenvalue weighted by molar-refractivity contribution is 7.15. The molecule has 116 valence electrons. The second kappa shape index (κ2) is 6.58. The third kappa shape index (κ3) is 3.36. The van der Waals surface area contributed by atoms with Gasteiger partial charge in [-0.2, -0.15) is 0 Å². The molecule has 1 aromatic carbocycles. The molecule has 1 aliphatic rings. The zero-order chi connectivity index (χ0) is 15.4. The zero-order valence-electron chi connectivity index (χ0n) is 12.7. The summed E-state index contributed by atoms with van der Waals surface area (Å²) in [7, 11) is 1.45. The van der Waals surface area contributed by atoms with Gasteiger partial charge in [0.05, 0.1) is 13.5 Å². The van der Waals surface area contributed by atoms with Gasteiger partial charge in [0.15, 0.2) is 0 Å². The Labute approximate surface area is 134 Å². The topological polar surface area (TPSA) is 51.2 Å². The number of benzene rings is 1. The first-order valence-corrected chi connectivity index (χ1v) is 8.34. The number of nitrogens with one attached hydrogen (secondary N) is 1. The van der Waals surface area contributed by atoms with E-state index >= 15 is 0 Å². The maximum atomic E-state index is 11.5. The molecule has 0 saturated heterocycles. The highest BCUT2D eigenvalue weighted by Crippen LogP contribution is 2.36. The number of carbonyl (C=O) groups excluding carboxylic acids is 1. The Morgan fingerprint density at radius 3 is 2.77 bits per heavy atom. The van der Waals surface area contributed by atoms with E-state index in [4.69, 9.17) is 4.74 Å². The van der Waals surface area contributed by atoms with Crippen molar-refractivity contribution in [1.82, 2.24) is 10.3 Å². The van der Waals surface area contributed by atoms with E-state index in [0.29, 0.717) is 6.42 Å². The van der Waals surface area contributed by atoms with Crippen molar-refractivity contribution in [2.75, 3.05) is 7.11 Å². The molecule has 1 aliphatic carbocycles. The summed E-state index contributed by atoms with van der Waals surface area (Å²) in [6.07, 6.45) is 5.61. The summed E-state index contributed by atoms with van der Waals surface area (Å²) in [5.74, 6) is -0.138. The van der Waals surface area contributed by atoms with Gasteiger partial charge in [0, 0.05) is 28.7 Å². The fraction of sp³-hybridized carbons (Fsp3) is 0.412. The van der Waals surface area contributed by atoms with Crippen LogP contribution in [0.2, 0.25) is 0 Å². The van der Waals surface area contributed by atoms with Gasteiger partial charge >= 0.3 is 5.97 Å². The van der Waals surface area contributed by atoms with Crippen molar-refractivity contribution in [3.8, 4) is 10.6 Å².